The topological polar surface area (TPSA) is 70.7 Å². The summed E-state index contributed by atoms with van der Waals surface area (Å²) in [6.45, 7) is 5.75. The molecule has 6 nitrogen and oxygen atoms in total. The van der Waals surface area contributed by atoms with Crippen molar-refractivity contribution in [2.75, 3.05) is 36.9 Å². The summed E-state index contributed by atoms with van der Waals surface area (Å²) in [4.78, 5) is 27.0. The number of nitrogens with one attached hydrogen (secondary N) is 2. The van der Waals surface area contributed by atoms with E-state index in [1.54, 1.807) is 18.2 Å². The minimum Gasteiger partial charge on any atom is -0.489 e. The van der Waals surface area contributed by atoms with Gasteiger partial charge in [-0.25, -0.2) is 0 Å². The Balaban J connectivity index is 1.54. The third-order valence-corrected chi connectivity index (χ3v) is 4.94. The summed E-state index contributed by atoms with van der Waals surface area (Å²) in [5.74, 6) is 0.543. The Morgan fingerprint density at radius 2 is 1.73 bits per heavy atom. The van der Waals surface area contributed by atoms with Gasteiger partial charge in [0.2, 0.25) is 5.91 Å². The molecule has 6 heteroatoms. The van der Waals surface area contributed by atoms with Gasteiger partial charge in [-0.2, -0.15) is 0 Å². The summed E-state index contributed by atoms with van der Waals surface area (Å²) in [6.07, 6.45) is 6.15. The number of amides is 2. The smallest absolute Gasteiger partial charge is 0.253 e. The van der Waals surface area contributed by atoms with Gasteiger partial charge in [0.25, 0.3) is 5.91 Å². The Bertz CT molecular complexity index is 874. The van der Waals surface area contributed by atoms with Crippen LogP contribution in [0.3, 0.4) is 0 Å². The molecular weight excluding hydrogens is 378 g/mol. The maximum atomic E-state index is 12.8. The summed E-state index contributed by atoms with van der Waals surface area (Å²) in [5.41, 5.74) is 2.05. The molecule has 1 aliphatic rings. The van der Waals surface area contributed by atoms with Gasteiger partial charge in [0, 0.05) is 36.1 Å². The van der Waals surface area contributed by atoms with Crippen LogP contribution in [0.1, 0.15) is 36.0 Å². The summed E-state index contributed by atoms with van der Waals surface area (Å²) >= 11 is 0. The largest absolute Gasteiger partial charge is 0.489 e. The number of likely N-dealkylation sites (tertiary alicyclic amines) is 1. The van der Waals surface area contributed by atoms with Crippen LogP contribution in [-0.4, -0.2) is 43.0 Å². The van der Waals surface area contributed by atoms with Crippen molar-refractivity contribution in [3.63, 3.8) is 0 Å². The van der Waals surface area contributed by atoms with Crippen molar-refractivity contribution in [2.24, 2.45) is 0 Å². The summed E-state index contributed by atoms with van der Waals surface area (Å²) < 4.78 is 5.48. The molecule has 1 saturated heterocycles. The van der Waals surface area contributed by atoms with Crippen molar-refractivity contribution in [1.29, 1.82) is 0 Å². The van der Waals surface area contributed by atoms with Crippen LogP contribution in [0.4, 0.5) is 11.4 Å². The van der Waals surface area contributed by atoms with E-state index in [1.807, 2.05) is 41.3 Å². The second-order valence-electron chi connectivity index (χ2n) is 7.32. The monoisotopic (exact) mass is 407 g/mol. The molecule has 2 aromatic carbocycles. The van der Waals surface area contributed by atoms with Crippen molar-refractivity contribution < 1.29 is 14.3 Å². The van der Waals surface area contributed by atoms with E-state index in [-0.39, 0.29) is 18.4 Å². The standard InChI is InChI=1S/C24H29N3O3/c1-2-15-30-22-12-8-11-21(17-22)26-23(28)18-25-20-10-7-9-19(16-20)24(29)27-13-5-3-4-6-14-27/h2,7-12,16-17,25H,1,3-6,13-15,18H2,(H,26,28). The lowest BCUT2D eigenvalue weighted by Crippen LogP contribution is -2.31. The second-order valence-corrected chi connectivity index (χ2v) is 7.32. The fourth-order valence-electron chi connectivity index (χ4n) is 3.42. The van der Waals surface area contributed by atoms with Gasteiger partial charge in [-0.3, -0.25) is 9.59 Å². The number of carbonyl (C=O) groups is 2. The van der Waals surface area contributed by atoms with Crippen LogP contribution >= 0.6 is 0 Å². The van der Waals surface area contributed by atoms with Crippen LogP contribution in [0, 0.1) is 0 Å². The van der Waals surface area contributed by atoms with Gasteiger partial charge >= 0.3 is 0 Å². The van der Waals surface area contributed by atoms with Gasteiger partial charge in [0.05, 0.1) is 6.54 Å². The van der Waals surface area contributed by atoms with Gasteiger partial charge in [0.1, 0.15) is 12.4 Å². The predicted octanol–water partition coefficient (Wildman–Crippen LogP) is 4.32. The average Bonchev–Trinajstić information content (AvgIpc) is 3.06. The molecule has 0 spiro atoms. The predicted molar refractivity (Wildman–Crippen MR) is 120 cm³/mol. The molecule has 0 aliphatic carbocycles. The lowest BCUT2D eigenvalue weighted by molar-refractivity contribution is -0.114. The molecule has 1 heterocycles. The first kappa shape index (κ1) is 21.4. The first-order valence-electron chi connectivity index (χ1n) is 10.4. The van der Waals surface area contributed by atoms with E-state index >= 15 is 0 Å². The lowest BCUT2D eigenvalue weighted by Gasteiger charge is -2.20. The molecule has 0 radical (unpaired) electrons. The highest BCUT2D eigenvalue weighted by Gasteiger charge is 2.17. The molecular formula is C24H29N3O3. The van der Waals surface area contributed by atoms with Gasteiger partial charge in [-0.15, -0.1) is 0 Å². The summed E-state index contributed by atoms with van der Waals surface area (Å²) in [5, 5.41) is 5.94. The quantitative estimate of drug-likeness (QED) is 0.640. The fraction of sp³-hybridized carbons (Fsp3) is 0.333. The first-order chi connectivity index (χ1) is 14.7. The van der Waals surface area contributed by atoms with E-state index in [4.69, 9.17) is 4.74 Å². The Morgan fingerprint density at radius 3 is 2.50 bits per heavy atom. The zero-order chi connectivity index (χ0) is 21.2. The highest BCUT2D eigenvalue weighted by Crippen LogP contribution is 2.18. The highest BCUT2D eigenvalue weighted by molar-refractivity contribution is 5.96. The lowest BCUT2D eigenvalue weighted by atomic mass is 10.1. The van der Waals surface area contributed by atoms with Gasteiger partial charge < -0.3 is 20.3 Å². The second kappa shape index (κ2) is 11.0. The maximum absolute atomic E-state index is 12.8. The molecule has 2 aromatic rings. The molecule has 1 aliphatic heterocycles. The first-order valence-corrected chi connectivity index (χ1v) is 10.4. The van der Waals surface area contributed by atoms with Crippen LogP contribution in [0.5, 0.6) is 5.75 Å². The molecule has 0 atom stereocenters. The third-order valence-electron chi connectivity index (χ3n) is 4.94. The van der Waals surface area contributed by atoms with Crippen molar-refractivity contribution in [3.8, 4) is 5.75 Å². The molecule has 0 saturated carbocycles. The Morgan fingerprint density at radius 1 is 1.00 bits per heavy atom. The van der Waals surface area contributed by atoms with Crippen molar-refractivity contribution in [1.82, 2.24) is 4.90 Å². The number of rotatable bonds is 8. The molecule has 3 rings (SSSR count). The third kappa shape index (κ3) is 6.37. The molecule has 2 N–H and O–H groups in total. The van der Waals surface area contributed by atoms with E-state index in [1.165, 1.54) is 12.8 Å². The number of ether oxygens (including phenoxy) is 1. The molecule has 0 aromatic heterocycles. The maximum Gasteiger partial charge on any atom is 0.253 e. The van der Waals surface area contributed by atoms with Crippen LogP contribution in [0.2, 0.25) is 0 Å². The summed E-state index contributed by atoms with van der Waals surface area (Å²) in [7, 11) is 0. The number of carbonyl (C=O) groups excluding carboxylic acids is 2. The van der Waals surface area contributed by atoms with Crippen LogP contribution in [0.25, 0.3) is 0 Å². The molecule has 1 fully saturated rings. The van der Waals surface area contributed by atoms with Crippen molar-refractivity contribution in [3.05, 3.63) is 66.7 Å². The van der Waals surface area contributed by atoms with Crippen LogP contribution in [0.15, 0.2) is 61.2 Å². The minimum absolute atomic E-state index is 0.0568. The summed E-state index contributed by atoms with van der Waals surface area (Å²) in [6, 6.07) is 14.5. The van der Waals surface area contributed by atoms with Crippen molar-refractivity contribution in [2.45, 2.75) is 25.7 Å². The minimum atomic E-state index is -0.180. The van der Waals surface area contributed by atoms with E-state index < -0.39 is 0 Å². The van der Waals surface area contributed by atoms with E-state index in [0.29, 0.717) is 23.6 Å². The van der Waals surface area contributed by atoms with E-state index in [0.717, 1.165) is 31.6 Å². The zero-order valence-corrected chi connectivity index (χ0v) is 17.2. The number of benzene rings is 2. The Labute approximate surface area is 177 Å². The number of nitrogens with zero attached hydrogens (tertiary/aromatic N) is 1. The molecule has 158 valence electrons. The van der Waals surface area contributed by atoms with Crippen molar-refractivity contribution >= 4 is 23.2 Å². The Kier molecular flexibility index (Phi) is 7.89. The van der Waals surface area contributed by atoms with Gasteiger partial charge in [0.15, 0.2) is 0 Å². The number of hydrogen-bond acceptors (Lipinski definition) is 4. The number of anilines is 2. The molecule has 30 heavy (non-hydrogen) atoms. The SMILES string of the molecule is C=CCOc1cccc(NC(=O)CNc2cccc(C(=O)N3CCCCCC3)c2)c1. The highest BCUT2D eigenvalue weighted by atomic mass is 16.5. The fourth-order valence-corrected chi connectivity index (χ4v) is 3.42. The average molecular weight is 408 g/mol. The van der Waals surface area contributed by atoms with Crippen LogP contribution < -0.4 is 15.4 Å². The van der Waals surface area contributed by atoms with E-state index in [9.17, 15) is 9.59 Å². The number of hydrogen-bond donors (Lipinski definition) is 2. The molecule has 0 bridgehead atoms. The molecule has 2 amide bonds. The van der Waals surface area contributed by atoms with Crippen LogP contribution in [-0.2, 0) is 4.79 Å². The normalized spacial score (nSPS) is 13.8. The Hall–Kier alpha value is -3.28. The van der Waals surface area contributed by atoms with Gasteiger partial charge in [-0.1, -0.05) is 37.6 Å². The molecule has 0 unspecified atom stereocenters. The van der Waals surface area contributed by atoms with E-state index in [2.05, 4.69) is 17.2 Å². The van der Waals surface area contributed by atoms with Gasteiger partial charge in [-0.05, 0) is 43.2 Å². The zero-order valence-electron chi connectivity index (χ0n) is 17.2.